The molecule has 1 aromatic rings. The van der Waals surface area contributed by atoms with E-state index in [-0.39, 0.29) is 18.6 Å². The number of aliphatic carboxylic acids is 1. The van der Waals surface area contributed by atoms with E-state index in [1.54, 1.807) is 17.4 Å². The van der Waals surface area contributed by atoms with Crippen LogP contribution in [0.25, 0.3) is 0 Å². The predicted molar refractivity (Wildman–Crippen MR) is 80.2 cm³/mol. The van der Waals surface area contributed by atoms with Gasteiger partial charge in [0.15, 0.2) is 0 Å². The van der Waals surface area contributed by atoms with E-state index in [0.717, 1.165) is 5.69 Å². The molecular weight excluding hydrogens is 286 g/mol. The normalized spacial score (nSPS) is 20.0. The van der Waals surface area contributed by atoms with Crippen molar-refractivity contribution < 1.29 is 14.7 Å². The molecule has 1 unspecified atom stereocenters. The topological polar surface area (TPSA) is 102 Å². The highest BCUT2D eigenvalue weighted by molar-refractivity contribution is 5.76. The van der Waals surface area contributed by atoms with Crippen LogP contribution in [0.15, 0.2) is 12.5 Å². The number of hydrogen-bond donors (Lipinski definition) is 3. The number of nitrogens with zero attached hydrogens (tertiary/aromatic N) is 3. The molecule has 1 aliphatic heterocycles. The van der Waals surface area contributed by atoms with Gasteiger partial charge < -0.3 is 20.3 Å². The van der Waals surface area contributed by atoms with Crippen LogP contribution in [0.2, 0.25) is 0 Å². The summed E-state index contributed by atoms with van der Waals surface area (Å²) in [5.41, 5.74) is 0.934. The van der Waals surface area contributed by atoms with Gasteiger partial charge in [0.2, 0.25) is 0 Å². The van der Waals surface area contributed by atoms with Crippen molar-refractivity contribution in [3.05, 3.63) is 18.2 Å². The first-order chi connectivity index (χ1) is 10.5. The van der Waals surface area contributed by atoms with Gasteiger partial charge in [-0.15, -0.1) is 0 Å². The third-order valence-electron chi connectivity index (χ3n) is 3.60. The second-order valence-electron chi connectivity index (χ2n) is 5.90. The van der Waals surface area contributed by atoms with Crippen LogP contribution in [0.4, 0.5) is 4.79 Å². The lowest BCUT2D eigenvalue weighted by molar-refractivity contribution is -0.142. The molecule has 1 aromatic heterocycles. The molecule has 22 heavy (non-hydrogen) atoms. The van der Waals surface area contributed by atoms with Crippen molar-refractivity contribution in [2.45, 2.75) is 26.4 Å². The fourth-order valence-electron chi connectivity index (χ4n) is 2.51. The number of H-pyrrole nitrogens is 1. The van der Waals surface area contributed by atoms with Crippen molar-refractivity contribution in [2.75, 3.05) is 26.2 Å². The molecule has 8 heteroatoms. The van der Waals surface area contributed by atoms with Gasteiger partial charge in [0.1, 0.15) is 0 Å². The van der Waals surface area contributed by atoms with E-state index in [1.807, 2.05) is 18.7 Å². The maximum Gasteiger partial charge on any atom is 0.317 e. The number of carbonyl (C=O) groups excluding carboxylic acids is 1. The van der Waals surface area contributed by atoms with Crippen LogP contribution in [0.1, 0.15) is 19.5 Å². The van der Waals surface area contributed by atoms with Crippen LogP contribution in [0, 0.1) is 5.92 Å². The van der Waals surface area contributed by atoms with Crippen molar-refractivity contribution in [3.8, 4) is 0 Å². The standard InChI is InChI=1S/C14H23N5O3/c1-10(2)17-14(22)19-4-3-18(6-11(7-19)13(20)21)8-12-5-15-9-16-12/h5,9-11H,3-4,6-8H2,1-2H3,(H,15,16)(H,17,22)(H,20,21). The minimum Gasteiger partial charge on any atom is -0.481 e. The molecule has 1 atom stereocenters. The summed E-state index contributed by atoms with van der Waals surface area (Å²) in [5.74, 6) is -1.47. The number of carboxylic acid groups (broad SMARTS) is 1. The maximum absolute atomic E-state index is 12.1. The number of carbonyl (C=O) groups is 2. The van der Waals surface area contributed by atoms with Crippen molar-refractivity contribution in [1.29, 1.82) is 0 Å². The van der Waals surface area contributed by atoms with E-state index in [0.29, 0.717) is 26.2 Å². The number of rotatable bonds is 4. The van der Waals surface area contributed by atoms with Gasteiger partial charge >= 0.3 is 12.0 Å². The fraction of sp³-hybridized carbons (Fsp3) is 0.643. The van der Waals surface area contributed by atoms with Gasteiger partial charge in [-0.1, -0.05) is 0 Å². The summed E-state index contributed by atoms with van der Waals surface area (Å²) in [6, 6.07) is -0.176. The Bertz CT molecular complexity index is 503. The van der Waals surface area contributed by atoms with Gasteiger partial charge in [-0.25, -0.2) is 9.78 Å². The SMILES string of the molecule is CC(C)NC(=O)N1CCN(Cc2cnc[nH]2)CC(C(=O)O)C1. The van der Waals surface area contributed by atoms with Gasteiger partial charge in [-0.05, 0) is 13.8 Å². The van der Waals surface area contributed by atoms with Crippen LogP contribution >= 0.6 is 0 Å². The van der Waals surface area contributed by atoms with Gasteiger partial charge in [0, 0.05) is 50.7 Å². The number of urea groups is 1. The molecule has 2 rings (SSSR count). The van der Waals surface area contributed by atoms with Crippen LogP contribution in [-0.2, 0) is 11.3 Å². The smallest absolute Gasteiger partial charge is 0.317 e. The minimum absolute atomic E-state index is 0.0279. The molecule has 3 N–H and O–H groups in total. The molecule has 122 valence electrons. The highest BCUT2D eigenvalue weighted by Crippen LogP contribution is 2.13. The molecule has 0 bridgehead atoms. The molecule has 0 aliphatic carbocycles. The summed E-state index contributed by atoms with van der Waals surface area (Å²) < 4.78 is 0. The molecule has 0 saturated carbocycles. The van der Waals surface area contributed by atoms with Gasteiger partial charge in [-0.2, -0.15) is 0 Å². The first-order valence-electron chi connectivity index (χ1n) is 7.43. The van der Waals surface area contributed by atoms with Crippen LogP contribution in [0.5, 0.6) is 0 Å². The summed E-state index contributed by atoms with van der Waals surface area (Å²) in [5, 5.41) is 12.2. The van der Waals surface area contributed by atoms with Crippen LogP contribution in [-0.4, -0.2) is 69.1 Å². The van der Waals surface area contributed by atoms with Crippen LogP contribution < -0.4 is 5.32 Å². The lowest BCUT2D eigenvalue weighted by Crippen LogP contribution is -2.46. The number of imidazole rings is 1. The molecule has 2 heterocycles. The Kier molecular flexibility index (Phi) is 5.37. The largest absolute Gasteiger partial charge is 0.481 e. The highest BCUT2D eigenvalue weighted by Gasteiger charge is 2.30. The van der Waals surface area contributed by atoms with E-state index >= 15 is 0 Å². The lowest BCUT2D eigenvalue weighted by Gasteiger charge is -2.23. The molecule has 8 nitrogen and oxygen atoms in total. The molecule has 1 fully saturated rings. The summed E-state index contributed by atoms with van der Waals surface area (Å²) in [6.07, 6.45) is 3.33. The average molecular weight is 309 g/mol. The Morgan fingerprint density at radius 2 is 2.23 bits per heavy atom. The molecule has 2 amide bonds. The third kappa shape index (κ3) is 4.45. The van der Waals surface area contributed by atoms with E-state index in [4.69, 9.17) is 0 Å². The molecule has 0 aromatic carbocycles. The van der Waals surface area contributed by atoms with E-state index in [9.17, 15) is 14.7 Å². The summed E-state index contributed by atoms with van der Waals surface area (Å²) in [7, 11) is 0. The summed E-state index contributed by atoms with van der Waals surface area (Å²) >= 11 is 0. The van der Waals surface area contributed by atoms with Gasteiger partial charge in [0.05, 0.1) is 12.2 Å². The van der Waals surface area contributed by atoms with Crippen molar-refractivity contribution in [1.82, 2.24) is 25.1 Å². The van der Waals surface area contributed by atoms with Crippen LogP contribution in [0.3, 0.4) is 0 Å². The van der Waals surface area contributed by atoms with Crippen molar-refractivity contribution in [2.24, 2.45) is 5.92 Å². The zero-order valence-corrected chi connectivity index (χ0v) is 13.0. The Labute approximate surface area is 129 Å². The first-order valence-corrected chi connectivity index (χ1v) is 7.43. The highest BCUT2D eigenvalue weighted by atomic mass is 16.4. The Hall–Kier alpha value is -2.09. The van der Waals surface area contributed by atoms with E-state index < -0.39 is 11.9 Å². The summed E-state index contributed by atoms with van der Waals surface area (Å²) in [4.78, 5) is 34.2. The fourth-order valence-corrected chi connectivity index (χ4v) is 2.51. The van der Waals surface area contributed by atoms with Crippen molar-refractivity contribution in [3.63, 3.8) is 0 Å². The Balaban J connectivity index is 2.03. The lowest BCUT2D eigenvalue weighted by atomic mass is 10.1. The average Bonchev–Trinajstić information content (AvgIpc) is 2.83. The molecule has 1 aliphatic rings. The number of aromatic nitrogens is 2. The predicted octanol–water partition coefficient (Wildman–Crippen LogP) is 0.346. The number of hydrogen-bond acceptors (Lipinski definition) is 4. The molecular formula is C14H23N5O3. The quantitative estimate of drug-likeness (QED) is 0.745. The first kappa shape index (κ1) is 16.3. The number of amides is 2. The zero-order valence-electron chi connectivity index (χ0n) is 13.0. The van der Waals surface area contributed by atoms with E-state index in [2.05, 4.69) is 15.3 Å². The molecule has 0 radical (unpaired) electrons. The Morgan fingerprint density at radius 1 is 1.45 bits per heavy atom. The van der Waals surface area contributed by atoms with E-state index in [1.165, 1.54) is 0 Å². The number of nitrogens with one attached hydrogen (secondary N) is 2. The monoisotopic (exact) mass is 309 g/mol. The van der Waals surface area contributed by atoms with Crippen molar-refractivity contribution >= 4 is 12.0 Å². The third-order valence-corrected chi connectivity index (χ3v) is 3.60. The number of aromatic amines is 1. The second kappa shape index (κ2) is 7.26. The number of carboxylic acids is 1. The van der Waals surface area contributed by atoms with Gasteiger partial charge in [0.25, 0.3) is 0 Å². The Morgan fingerprint density at radius 3 is 2.82 bits per heavy atom. The zero-order chi connectivity index (χ0) is 16.1. The minimum atomic E-state index is -0.876. The molecule has 1 saturated heterocycles. The second-order valence-corrected chi connectivity index (χ2v) is 5.90. The van der Waals surface area contributed by atoms with Gasteiger partial charge in [-0.3, -0.25) is 9.69 Å². The molecule has 0 spiro atoms. The maximum atomic E-state index is 12.1. The summed E-state index contributed by atoms with van der Waals surface area (Å²) in [6.45, 7) is 6.16.